The standard InChI is InChI=1S/C27H25NO6/c29-25(30)17-32-23-13-7-8-19-16-27(24(34-27)15-14-22(19)23)18-33-26(31)28(20-9-3-1-4-10-20)21-11-5-2-6-12-21/h1-13,24H,14-18H2,(H,29,30)/p-1. The molecule has 0 radical (unpaired) electrons. The number of benzene rings is 3. The molecular formula is C27H24NO6-. The quantitative estimate of drug-likeness (QED) is 0.504. The summed E-state index contributed by atoms with van der Waals surface area (Å²) in [4.78, 5) is 25.6. The number of ether oxygens (including phenoxy) is 3. The number of amides is 1. The van der Waals surface area contributed by atoms with Gasteiger partial charge in [-0.3, -0.25) is 0 Å². The number of para-hydroxylation sites is 2. The normalized spacial score (nSPS) is 20.3. The van der Waals surface area contributed by atoms with Gasteiger partial charge in [-0.1, -0.05) is 48.5 Å². The molecule has 1 heterocycles. The molecule has 1 amide bonds. The Kier molecular flexibility index (Phi) is 5.94. The van der Waals surface area contributed by atoms with Crippen molar-refractivity contribution in [3.05, 3.63) is 90.0 Å². The highest BCUT2D eigenvalue weighted by molar-refractivity contribution is 5.95. The molecule has 0 aromatic heterocycles. The molecule has 0 bridgehead atoms. The molecule has 2 atom stereocenters. The van der Waals surface area contributed by atoms with Gasteiger partial charge >= 0.3 is 6.09 Å². The van der Waals surface area contributed by atoms with Crippen molar-refractivity contribution >= 4 is 23.4 Å². The predicted molar refractivity (Wildman–Crippen MR) is 123 cm³/mol. The molecule has 5 rings (SSSR count). The van der Waals surface area contributed by atoms with E-state index in [2.05, 4.69) is 0 Å². The fourth-order valence-electron chi connectivity index (χ4n) is 4.60. The van der Waals surface area contributed by atoms with Crippen LogP contribution in [-0.2, 0) is 27.1 Å². The second-order valence-electron chi connectivity index (χ2n) is 8.50. The van der Waals surface area contributed by atoms with Crippen molar-refractivity contribution in [1.29, 1.82) is 0 Å². The predicted octanol–water partition coefficient (Wildman–Crippen LogP) is 3.42. The summed E-state index contributed by atoms with van der Waals surface area (Å²) in [6, 6.07) is 24.3. The van der Waals surface area contributed by atoms with Crippen molar-refractivity contribution in [2.45, 2.75) is 31.0 Å². The van der Waals surface area contributed by atoms with E-state index >= 15 is 0 Å². The Morgan fingerprint density at radius 3 is 2.29 bits per heavy atom. The highest BCUT2D eigenvalue weighted by Gasteiger charge is 2.58. The Labute approximate surface area is 197 Å². The zero-order valence-corrected chi connectivity index (χ0v) is 18.5. The molecule has 1 aliphatic heterocycles. The Hall–Kier alpha value is -3.84. The molecule has 1 fully saturated rings. The van der Waals surface area contributed by atoms with E-state index in [-0.39, 0.29) is 12.7 Å². The molecule has 174 valence electrons. The SMILES string of the molecule is O=C([O-])COc1cccc2c1CCC1OC1(COC(=O)N(c1ccccc1)c1ccccc1)C2. The van der Waals surface area contributed by atoms with Crippen molar-refractivity contribution in [3.63, 3.8) is 0 Å². The Bertz CT molecular complexity index is 1140. The van der Waals surface area contributed by atoms with E-state index in [0.717, 1.165) is 17.5 Å². The Balaban J connectivity index is 1.33. The molecule has 2 aliphatic rings. The number of nitrogens with zero attached hydrogens (tertiary/aromatic N) is 1. The van der Waals surface area contributed by atoms with Gasteiger partial charge in [-0.15, -0.1) is 0 Å². The number of carbonyl (C=O) groups excluding carboxylic acids is 2. The Morgan fingerprint density at radius 1 is 0.971 bits per heavy atom. The van der Waals surface area contributed by atoms with E-state index in [9.17, 15) is 14.7 Å². The molecule has 34 heavy (non-hydrogen) atoms. The fraction of sp³-hybridized carbons (Fsp3) is 0.259. The van der Waals surface area contributed by atoms with E-state index in [1.54, 1.807) is 11.0 Å². The van der Waals surface area contributed by atoms with Crippen LogP contribution in [0.1, 0.15) is 17.5 Å². The minimum Gasteiger partial charge on any atom is -0.546 e. The molecule has 0 spiro atoms. The fourth-order valence-corrected chi connectivity index (χ4v) is 4.60. The lowest BCUT2D eigenvalue weighted by Gasteiger charge is -2.23. The molecule has 1 aliphatic carbocycles. The number of carbonyl (C=O) groups is 2. The first-order valence-electron chi connectivity index (χ1n) is 11.2. The number of epoxide rings is 1. The van der Waals surface area contributed by atoms with Crippen molar-refractivity contribution in [2.75, 3.05) is 18.1 Å². The zero-order chi connectivity index (χ0) is 23.5. The van der Waals surface area contributed by atoms with Gasteiger partial charge in [0.2, 0.25) is 0 Å². The van der Waals surface area contributed by atoms with Crippen molar-refractivity contribution in [3.8, 4) is 5.75 Å². The third kappa shape index (κ3) is 4.47. The van der Waals surface area contributed by atoms with Gasteiger partial charge in [0.15, 0.2) is 0 Å². The lowest BCUT2D eigenvalue weighted by atomic mass is 9.96. The summed E-state index contributed by atoms with van der Waals surface area (Å²) in [5, 5.41) is 10.8. The van der Waals surface area contributed by atoms with E-state index in [4.69, 9.17) is 14.2 Å². The lowest BCUT2D eigenvalue weighted by molar-refractivity contribution is -0.307. The van der Waals surface area contributed by atoms with E-state index < -0.39 is 24.3 Å². The smallest absolute Gasteiger partial charge is 0.419 e. The van der Waals surface area contributed by atoms with Crippen LogP contribution in [-0.4, -0.2) is 37.0 Å². The number of anilines is 2. The monoisotopic (exact) mass is 458 g/mol. The lowest BCUT2D eigenvalue weighted by Crippen LogP contribution is -2.33. The van der Waals surface area contributed by atoms with Crippen LogP contribution in [0.3, 0.4) is 0 Å². The van der Waals surface area contributed by atoms with E-state index in [0.29, 0.717) is 30.0 Å². The maximum absolute atomic E-state index is 13.2. The second kappa shape index (κ2) is 9.19. The summed E-state index contributed by atoms with van der Waals surface area (Å²) >= 11 is 0. The average Bonchev–Trinajstić information content (AvgIpc) is 3.56. The van der Waals surface area contributed by atoms with Gasteiger partial charge in [0, 0.05) is 6.42 Å². The molecule has 1 saturated heterocycles. The molecule has 7 nitrogen and oxygen atoms in total. The molecule has 3 aromatic rings. The van der Waals surface area contributed by atoms with Gasteiger partial charge in [0.1, 0.15) is 24.6 Å². The minimum absolute atomic E-state index is 0.0383. The summed E-state index contributed by atoms with van der Waals surface area (Å²) < 4.78 is 17.3. The van der Waals surface area contributed by atoms with Crippen molar-refractivity contribution < 1.29 is 28.9 Å². The average molecular weight is 458 g/mol. The summed E-state index contributed by atoms with van der Waals surface area (Å²) in [7, 11) is 0. The number of carboxylic acid groups (broad SMARTS) is 1. The highest BCUT2D eigenvalue weighted by Crippen LogP contribution is 2.47. The van der Waals surface area contributed by atoms with Crippen LogP contribution >= 0.6 is 0 Å². The number of hydrogen-bond acceptors (Lipinski definition) is 6. The van der Waals surface area contributed by atoms with Crippen LogP contribution in [0.2, 0.25) is 0 Å². The van der Waals surface area contributed by atoms with Gasteiger partial charge in [0.05, 0.1) is 23.4 Å². The first-order chi connectivity index (χ1) is 16.6. The van der Waals surface area contributed by atoms with Gasteiger partial charge < -0.3 is 24.1 Å². The first-order valence-corrected chi connectivity index (χ1v) is 11.2. The third-order valence-corrected chi connectivity index (χ3v) is 6.28. The van der Waals surface area contributed by atoms with Crippen LogP contribution in [0.15, 0.2) is 78.9 Å². The molecule has 2 unspecified atom stereocenters. The first kappa shape index (κ1) is 22.0. The van der Waals surface area contributed by atoms with Crippen LogP contribution in [0.5, 0.6) is 5.75 Å². The largest absolute Gasteiger partial charge is 0.546 e. The summed E-state index contributed by atoms with van der Waals surface area (Å²) in [6.07, 6.45) is 1.47. The van der Waals surface area contributed by atoms with Crippen LogP contribution in [0.25, 0.3) is 0 Å². The molecule has 3 aromatic carbocycles. The molecule has 0 N–H and O–H groups in total. The maximum Gasteiger partial charge on any atom is 0.419 e. The van der Waals surface area contributed by atoms with E-state index in [1.165, 1.54) is 0 Å². The van der Waals surface area contributed by atoms with Crippen molar-refractivity contribution in [2.24, 2.45) is 0 Å². The zero-order valence-electron chi connectivity index (χ0n) is 18.5. The highest BCUT2D eigenvalue weighted by atomic mass is 16.6. The van der Waals surface area contributed by atoms with Gasteiger partial charge in [-0.25, -0.2) is 9.69 Å². The van der Waals surface area contributed by atoms with Gasteiger partial charge in [0.25, 0.3) is 0 Å². The summed E-state index contributed by atoms with van der Waals surface area (Å²) in [6.45, 7) is -0.371. The van der Waals surface area contributed by atoms with Crippen LogP contribution in [0, 0.1) is 0 Å². The topological polar surface area (TPSA) is 91.4 Å². The Morgan fingerprint density at radius 2 is 1.65 bits per heavy atom. The van der Waals surface area contributed by atoms with E-state index in [1.807, 2.05) is 72.8 Å². The molecular weight excluding hydrogens is 434 g/mol. The number of aliphatic carboxylic acids is 1. The summed E-state index contributed by atoms with van der Waals surface area (Å²) in [5.41, 5.74) is 2.82. The minimum atomic E-state index is -1.26. The van der Waals surface area contributed by atoms with Gasteiger partial charge in [-0.2, -0.15) is 0 Å². The number of carboxylic acids is 1. The van der Waals surface area contributed by atoms with Crippen LogP contribution in [0.4, 0.5) is 16.2 Å². The maximum atomic E-state index is 13.2. The summed E-state index contributed by atoms with van der Waals surface area (Å²) in [5.74, 6) is -0.711. The van der Waals surface area contributed by atoms with Crippen molar-refractivity contribution in [1.82, 2.24) is 0 Å². The third-order valence-electron chi connectivity index (χ3n) is 6.28. The second-order valence-corrected chi connectivity index (χ2v) is 8.50. The van der Waals surface area contributed by atoms with Crippen LogP contribution < -0.4 is 14.7 Å². The molecule has 0 saturated carbocycles. The number of rotatable bonds is 7. The van der Waals surface area contributed by atoms with Gasteiger partial charge in [-0.05, 0) is 54.3 Å². The molecule has 7 heteroatoms. The number of fused-ring (bicyclic) bond motifs is 2. The number of hydrogen-bond donors (Lipinski definition) is 0.